The minimum absolute atomic E-state index is 0.578. The van der Waals surface area contributed by atoms with E-state index in [0.29, 0.717) is 0 Å². The van der Waals surface area contributed by atoms with Crippen molar-refractivity contribution in [2.45, 2.75) is 72.3 Å². The summed E-state index contributed by atoms with van der Waals surface area (Å²) in [5, 5.41) is 8.03. The summed E-state index contributed by atoms with van der Waals surface area (Å²) < 4.78 is 4.35. The molecule has 0 aromatic carbocycles. The maximum atomic E-state index is 9.79. The van der Waals surface area contributed by atoms with Gasteiger partial charge in [-0.15, -0.1) is 0 Å². The van der Waals surface area contributed by atoms with Gasteiger partial charge < -0.3 is 9.84 Å². The van der Waals surface area contributed by atoms with Gasteiger partial charge >= 0.3 is 6.16 Å². The van der Waals surface area contributed by atoms with Crippen molar-refractivity contribution in [3.05, 3.63) is 0 Å². The third-order valence-electron chi connectivity index (χ3n) is 1.60. The lowest BCUT2D eigenvalue weighted by Crippen LogP contribution is -2.22. The van der Waals surface area contributed by atoms with Crippen molar-refractivity contribution >= 4 is 6.16 Å². The van der Waals surface area contributed by atoms with Crippen LogP contribution < -0.4 is 0 Å². The molecule has 0 saturated heterocycles. The van der Waals surface area contributed by atoms with Crippen molar-refractivity contribution in [2.75, 3.05) is 0 Å². The summed E-state index contributed by atoms with van der Waals surface area (Å²) in [7, 11) is 0. The van der Waals surface area contributed by atoms with Gasteiger partial charge in [0.2, 0.25) is 0 Å². The van der Waals surface area contributed by atoms with E-state index in [-0.39, 0.29) is 0 Å². The summed E-state index contributed by atoms with van der Waals surface area (Å²) in [6.45, 7) is 9.54. The van der Waals surface area contributed by atoms with E-state index >= 15 is 0 Å². The van der Waals surface area contributed by atoms with Crippen LogP contribution >= 0.6 is 0 Å². The van der Waals surface area contributed by atoms with Crippen molar-refractivity contribution < 1.29 is 14.6 Å². The highest BCUT2D eigenvalue weighted by Crippen LogP contribution is 2.05. The Bertz CT molecular complexity index is 143. The number of unbranched alkanes of at least 4 members (excludes halogenated alkanes) is 4. The topological polar surface area (TPSA) is 46.5 Å². The zero-order chi connectivity index (χ0) is 12.3. The van der Waals surface area contributed by atoms with Gasteiger partial charge in [-0.25, -0.2) is 4.79 Å². The molecule has 0 radical (unpaired) electrons. The second-order valence-electron chi connectivity index (χ2n) is 4.54. The highest BCUT2D eigenvalue weighted by molar-refractivity contribution is 5.57. The van der Waals surface area contributed by atoms with Gasteiger partial charge in [0.05, 0.1) is 0 Å². The molecular weight excluding hydrogens is 192 g/mol. The van der Waals surface area contributed by atoms with Crippen LogP contribution in [0.5, 0.6) is 0 Å². The van der Waals surface area contributed by atoms with Gasteiger partial charge in [0.15, 0.2) is 0 Å². The van der Waals surface area contributed by atoms with Crippen LogP contribution in [-0.4, -0.2) is 16.9 Å². The van der Waals surface area contributed by atoms with Crippen molar-refractivity contribution in [1.29, 1.82) is 0 Å². The van der Waals surface area contributed by atoms with Gasteiger partial charge in [-0.1, -0.05) is 46.0 Å². The SMILES string of the molecule is CC(C)(C)OC(=O)O.CCCCCCC. The molecule has 0 aliphatic carbocycles. The molecule has 0 saturated carbocycles. The average molecular weight is 218 g/mol. The van der Waals surface area contributed by atoms with Crippen LogP contribution in [0.4, 0.5) is 4.79 Å². The predicted molar refractivity (Wildman–Crippen MR) is 63.3 cm³/mol. The molecule has 0 fully saturated rings. The highest BCUT2D eigenvalue weighted by Gasteiger charge is 2.13. The minimum atomic E-state index is -1.22. The Morgan fingerprint density at radius 2 is 1.47 bits per heavy atom. The van der Waals surface area contributed by atoms with E-state index < -0.39 is 11.8 Å². The molecule has 0 heterocycles. The van der Waals surface area contributed by atoms with Crippen LogP contribution in [0.25, 0.3) is 0 Å². The lowest BCUT2D eigenvalue weighted by Gasteiger charge is -2.15. The Kier molecular flexibility index (Phi) is 10.9. The molecule has 0 aliphatic heterocycles. The Morgan fingerprint density at radius 1 is 1.07 bits per heavy atom. The molecule has 0 bridgehead atoms. The first-order chi connectivity index (χ1) is 6.83. The summed E-state index contributed by atoms with van der Waals surface area (Å²) in [4.78, 5) is 9.79. The van der Waals surface area contributed by atoms with Crippen molar-refractivity contribution in [3.8, 4) is 0 Å². The maximum absolute atomic E-state index is 9.79. The van der Waals surface area contributed by atoms with Gasteiger partial charge in [-0.3, -0.25) is 0 Å². The number of ether oxygens (including phenoxy) is 1. The van der Waals surface area contributed by atoms with Crippen LogP contribution in [-0.2, 0) is 4.74 Å². The van der Waals surface area contributed by atoms with Crippen LogP contribution in [0, 0.1) is 0 Å². The Balaban J connectivity index is 0. The smallest absolute Gasteiger partial charge is 0.450 e. The van der Waals surface area contributed by atoms with Crippen molar-refractivity contribution in [3.63, 3.8) is 0 Å². The summed E-state index contributed by atoms with van der Waals surface area (Å²) >= 11 is 0. The molecule has 0 spiro atoms. The summed E-state index contributed by atoms with van der Waals surface area (Å²) in [5.74, 6) is 0. The van der Waals surface area contributed by atoms with Crippen molar-refractivity contribution in [2.24, 2.45) is 0 Å². The van der Waals surface area contributed by atoms with E-state index in [1.54, 1.807) is 20.8 Å². The standard InChI is InChI=1S/C7H16.C5H10O3/c1-3-5-7-6-4-2;1-5(2,3)8-4(6)7/h3-7H2,1-2H3;1-3H3,(H,6,7). The van der Waals surface area contributed by atoms with Gasteiger partial charge in [-0.05, 0) is 20.8 Å². The zero-order valence-corrected chi connectivity index (χ0v) is 10.8. The summed E-state index contributed by atoms with van der Waals surface area (Å²) in [6, 6.07) is 0. The van der Waals surface area contributed by atoms with Crippen molar-refractivity contribution in [1.82, 2.24) is 0 Å². The minimum Gasteiger partial charge on any atom is -0.450 e. The molecule has 0 aliphatic rings. The van der Waals surface area contributed by atoms with Gasteiger partial charge in [0.25, 0.3) is 0 Å². The molecule has 0 aromatic rings. The monoisotopic (exact) mass is 218 g/mol. The molecule has 3 nitrogen and oxygen atoms in total. The largest absolute Gasteiger partial charge is 0.506 e. The second-order valence-corrected chi connectivity index (χ2v) is 4.54. The van der Waals surface area contributed by atoms with E-state index in [1.165, 1.54) is 32.1 Å². The fraction of sp³-hybridized carbons (Fsp3) is 0.917. The third kappa shape index (κ3) is 24.6. The molecule has 1 N–H and O–H groups in total. The molecule has 3 heteroatoms. The van der Waals surface area contributed by atoms with Gasteiger partial charge in [0, 0.05) is 0 Å². The molecule has 0 atom stereocenters. The lowest BCUT2D eigenvalue weighted by molar-refractivity contribution is 0.0150. The Morgan fingerprint density at radius 3 is 1.60 bits per heavy atom. The first kappa shape index (κ1) is 16.7. The zero-order valence-electron chi connectivity index (χ0n) is 10.8. The average Bonchev–Trinajstić information content (AvgIpc) is 2.01. The number of carboxylic acid groups (broad SMARTS) is 1. The van der Waals surface area contributed by atoms with E-state index in [9.17, 15) is 4.79 Å². The fourth-order valence-corrected chi connectivity index (χ4v) is 0.939. The first-order valence-corrected chi connectivity index (χ1v) is 5.75. The van der Waals surface area contributed by atoms with Crippen LogP contribution in [0.3, 0.4) is 0 Å². The second kappa shape index (κ2) is 9.81. The van der Waals surface area contributed by atoms with Gasteiger partial charge in [0.1, 0.15) is 5.60 Å². The van der Waals surface area contributed by atoms with E-state index in [0.717, 1.165) is 0 Å². The number of hydrogen-bond acceptors (Lipinski definition) is 2. The number of rotatable bonds is 4. The normalized spacial score (nSPS) is 10.2. The Labute approximate surface area is 93.8 Å². The molecule has 92 valence electrons. The van der Waals surface area contributed by atoms with Crippen LogP contribution in [0.15, 0.2) is 0 Å². The van der Waals surface area contributed by atoms with E-state index in [2.05, 4.69) is 18.6 Å². The molecule has 0 aromatic heterocycles. The quantitative estimate of drug-likeness (QED) is 0.560. The molecular formula is C12H26O3. The number of carbonyl (C=O) groups is 1. The molecule has 15 heavy (non-hydrogen) atoms. The summed E-state index contributed by atoms with van der Waals surface area (Å²) in [6.07, 6.45) is 5.78. The fourth-order valence-electron chi connectivity index (χ4n) is 0.939. The maximum Gasteiger partial charge on any atom is 0.506 e. The van der Waals surface area contributed by atoms with Crippen LogP contribution in [0.1, 0.15) is 66.7 Å². The highest BCUT2D eigenvalue weighted by atomic mass is 16.7. The lowest BCUT2D eigenvalue weighted by atomic mass is 10.2. The summed E-state index contributed by atoms with van der Waals surface area (Å²) in [5.41, 5.74) is -0.578. The molecule has 0 unspecified atom stereocenters. The van der Waals surface area contributed by atoms with E-state index in [1.807, 2.05) is 0 Å². The predicted octanol–water partition coefficient (Wildman–Crippen LogP) is 4.46. The molecule has 0 amide bonds. The van der Waals surface area contributed by atoms with Gasteiger partial charge in [-0.2, -0.15) is 0 Å². The van der Waals surface area contributed by atoms with Crippen LogP contribution in [0.2, 0.25) is 0 Å². The Hall–Kier alpha value is -0.730. The third-order valence-corrected chi connectivity index (χ3v) is 1.60. The number of hydrogen-bond donors (Lipinski definition) is 1. The van der Waals surface area contributed by atoms with E-state index in [4.69, 9.17) is 5.11 Å². The first-order valence-electron chi connectivity index (χ1n) is 5.75. The molecule has 0 rings (SSSR count).